The van der Waals surface area contributed by atoms with Gasteiger partial charge in [0.05, 0.1) is 43.2 Å². The number of rotatable bonds is 13. The Morgan fingerprint density at radius 3 is 1.00 bits per heavy atom. The molecule has 71 heavy (non-hydrogen) atoms. The predicted molar refractivity (Wildman–Crippen MR) is 207 cm³/mol. The van der Waals surface area contributed by atoms with E-state index in [2.05, 4.69) is 0 Å². The molecule has 5 saturated heterocycles. The van der Waals surface area contributed by atoms with Crippen molar-refractivity contribution >= 4 is 29.0 Å². The number of hydrogen-bond donors (Lipinski definition) is 19. The summed E-state index contributed by atoms with van der Waals surface area (Å²) < 4.78 is 41.9. The van der Waals surface area contributed by atoms with Gasteiger partial charge < -0.3 is 175 Å². The van der Waals surface area contributed by atoms with E-state index in [0.717, 1.165) is 6.92 Å². The number of carbonyl (C=O) groups is 1. The summed E-state index contributed by atoms with van der Waals surface area (Å²) in [5, 5.41) is 224. The average Bonchev–Trinajstić information content (AvgIpc) is 3.68. The molecule has 37 nitrogen and oxygen atoms in total. The number of ether oxygens (including phenoxy) is 8. The van der Waals surface area contributed by atoms with Crippen molar-refractivity contribution in [1.29, 1.82) is 0 Å². The zero-order valence-corrected chi connectivity index (χ0v) is 41.7. The van der Waals surface area contributed by atoms with E-state index in [-0.39, 0.29) is 74.4 Å². The Kier molecular flexibility index (Phi) is 34.0. The van der Waals surface area contributed by atoms with Gasteiger partial charge >= 0.3 is 74.4 Å². The maximum Gasteiger partial charge on any atom is 2.00 e. The van der Waals surface area contributed by atoms with E-state index in [0.29, 0.717) is 0 Å². The van der Waals surface area contributed by atoms with Gasteiger partial charge in [-0.3, -0.25) is 0 Å². The molecule has 5 heterocycles. The van der Waals surface area contributed by atoms with Crippen LogP contribution in [0, 0.1) is 30.6 Å². The number of aliphatic hydroxyl groups is 19. The van der Waals surface area contributed by atoms with Gasteiger partial charge in [0.2, 0.25) is 11.6 Å². The second-order valence-electron chi connectivity index (χ2n) is 14.9. The summed E-state index contributed by atoms with van der Waals surface area (Å²) in [7, 11) is 0. The Bertz CT molecular complexity index is 1500. The van der Waals surface area contributed by atoms with Crippen LogP contribution in [0.2, 0.25) is 0 Å². The summed E-state index contributed by atoms with van der Waals surface area (Å²) in [6.45, 7) is -4.49. The Balaban J connectivity index is 0. The van der Waals surface area contributed by atoms with Crippen LogP contribution in [0.15, 0.2) is 0 Å². The molecule has 23 atom stereocenters. The van der Waals surface area contributed by atoms with Gasteiger partial charge in [-0.2, -0.15) is 0 Å². The maximum absolute atomic E-state index is 10.3. The molecule has 0 radical (unpaired) electrons. The second-order valence-corrected chi connectivity index (χ2v) is 14.9. The molecule has 5 aliphatic rings. The SMILES string of the molecule is CC(=O)[O-].O=[N+]([O-])[O-].O=[N+]([O-])[O-].OC[C@H]1OC(OC[C@H]2OC(O[C@]3(CO)O[C@H](CO)[C@@H](O)[C@@H]3O)[C@H](O)[C@@H](O)[C@@H]2O)[C@H](O)[C@@H](O)[C@H]1O.OC[C@H]1O[C@@](CO)(O[C@H]2O[C@H](CO)[C@@H](O)[C@H](O)[C@H]2O)[C@@H](O)[C@@H]1O.[K+].[Mg+2]. The monoisotopic (exact) mass is 1090 g/mol. The molecule has 0 spiro atoms. The molecule has 5 aliphatic heterocycles. The first-order chi connectivity index (χ1) is 32.0. The van der Waals surface area contributed by atoms with Crippen molar-refractivity contribution in [3.8, 4) is 0 Å². The first-order valence-corrected chi connectivity index (χ1v) is 19.6. The summed E-state index contributed by atoms with van der Waals surface area (Å²) in [4.78, 5) is 25.4. The summed E-state index contributed by atoms with van der Waals surface area (Å²) in [5.74, 6) is -5.66. The van der Waals surface area contributed by atoms with E-state index in [9.17, 15) is 86.8 Å². The van der Waals surface area contributed by atoms with Crippen molar-refractivity contribution in [2.24, 2.45) is 0 Å². The molecule has 0 aromatic carbocycles. The second kappa shape index (κ2) is 33.4. The summed E-state index contributed by atoms with van der Waals surface area (Å²) in [5.41, 5.74) is 0. The predicted octanol–water partition coefficient (Wildman–Crippen LogP) is -18.1. The number of carboxylic acid groups (broad SMARTS) is 1. The number of aliphatic carboxylic acids is 1. The molecule has 39 heteroatoms. The topological polar surface area (TPSA) is 631 Å². The molecule has 2 unspecified atom stereocenters. The molecule has 0 saturated carbocycles. The maximum atomic E-state index is 10.3. The van der Waals surface area contributed by atoms with Gasteiger partial charge in [-0.15, -0.1) is 0 Å². The van der Waals surface area contributed by atoms with Crippen LogP contribution in [0.4, 0.5) is 0 Å². The van der Waals surface area contributed by atoms with Crippen molar-refractivity contribution in [2.75, 3.05) is 46.2 Å². The molecule has 0 aromatic rings. The number of hydrogen-bond acceptors (Lipinski definition) is 35. The third kappa shape index (κ3) is 19.6. The van der Waals surface area contributed by atoms with Crippen molar-refractivity contribution in [3.63, 3.8) is 0 Å². The van der Waals surface area contributed by atoms with Crippen LogP contribution in [0.25, 0.3) is 0 Å². The largest absolute Gasteiger partial charge is 2.00 e. The fourth-order valence-corrected chi connectivity index (χ4v) is 6.64. The number of carboxylic acids is 1. The van der Waals surface area contributed by atoms with Gasteiger partial charge in [-0.05, 0) is 6.92 Å². The van der Waals surface area contributed by atoms with E-state index < -0.39 is 203 Å². The first-order valence-electron chi connectivity index (χ1n) is 19.6. The van der Waals surface area contributed by atoms with Crippen LogP contribution in [-0.4, -0.2) is 323 Å². The van der Waals surface area contributed by atoms with Gasteiger partial charge in [0.1, 0.15) is 123 Å². The van der Waals surface area contributed by atoms with Crippen LogP contribution >= 0.6 is 0 Å². The fraction of sp³-hybridized carbons (Fsp3) is 0.969. The van der Waals surface area contributed by atoms with Crippen molar-refractivity contribution in [3.05, 3.63) is 30.6 Å². The molecule has 5 fully saturated rings. The number of carbonyl (C=O) groups excluding carboxylic acids is 1. The third-order valence-electron chi connectivity index (χ3n) is 10.2. The molecule has 0 amide bonds. The molecule has 0 bridgehead atoms. The minimum absolute atomic E-state index is 0. The van der Waals surface area contributed by atoms with Gasteiger partial charge in [0.15, 0.2) is 18.9 Å². The Hall–Kier alpha value is -0.807. The summed E-state index contributed by atoms with van der Waals surface area (Å²) in [6.07, 6.45) is -34.4. The van der Waals surface area contributed by atoms with E-state index in [1.165, 1.54) is 0 Å². The smallest absolute Gasteiger partial charge is 0.550 e. The fourth-order valence-electron chi connectivity index (χ4n) is 6.64. The van der Waals surface area contributed by atoms with E-state index >= 15 is 0 Å². The Morgan fingerprint density at radius 2 is 0.732 bits per heavy atom. The van der Waals surface area contributed by atoms with Gasteiger partial charge in [-0.1, -0.05) is 0 Å². The quantitative estimate of drug-likeness (QED) is 0.0463. The molecule has 0 aliphatic carbocycles. The zero-order chi connectivity index (χ0) is 53.5. The van der Waals surface area contributed by atoms with Crippen LogP contribution in [0.3, 0.4) is 0 Å². The van der Waals surface area contributed by atoms with Crippen LogP contribution in [0.1, 0.15) is 6.92 Å². The van der Waals surface area contributed by atoms with E-state index in [4.69, 9.17) is 88.7 Å². The van der Waals surface area contributed by atoms with Crippen LogP contribution < -0.4 is 56.5 Å². The third-order valence-corrected chi connectivity index (χ3v) is 10.2. The Morgan fingerprint density at radius 1 is 0.479 bits per heavy atom. The normalized spacial score (nSPS) is 42.6. The summed E-state index contributed by atoms with van der Waals surface area (Å²) in [6, 6.07) is 0. The zero-order valence-electron chi connectivity index (χ0n) is 37.2. The van der Waals surface area contributed by atoms with Gasteiger partial charge in [0.25, 0.3) is 0 Å². The first kappa shape index (κ1) is 72.3. The number of nitrogens with zero attached hydrogens (tertiary/aromatic N) is 2. The molecular weight excluding hydrogens is 1040 g/mol. The number of aliphatic hydroxyl groups excluding tert-OH is 19. The van der Waals surface area contributed by atoms with Crippen molar-refractivity contribution in [1.82, 2.24) is 0 Å². The summed E-state index contributed by atoms with van der Waals surface area (Å²) >= 11 is 0. The van der Waals surface area contributed by atoms with Crippen LogP contribution in [-0.2, 0) is 42.7 Å². The average molecular weight is 1090 g/mol. The van der Waals surface area contributed by atoms with Crippen molar-refractivity contribution in [2.45, 2.75) is 147 Å². The molecule has 0 aromatic heterocycles. The molecule has 19 N–H and O–H groups in total. The minimum Gasteiger partial charge on any atom is -0.550 e. The van der Waals surface area contributed by atoms with E-state index in [1.54, 1.807) is 0 Å². The molecule has 5 rings (SSSR count). The van der Waals surface area contributed by atoms with E-state index in [1.807, 2.05) is 0 Å². The minimum atomic E-state index is -2.36. The molecular formula is C32H57KMgN2O35. The Labute approximate surface area is 456 Å². The van der Waals surface area contributed by atoms with Crippen LogP contribution in [0.5, 0.6) is 0 Å². The van der Waals surface area contributed by atoms with Gasteiger partial charge in [0, 0.05) is 5.97 Å². The van der Waals surface area contributed by atoms with Gasteiger partial charge in [-0.25, -0.2) is 0 Å². The molecule has 408 valence electrons. The van der Waals surface area contributed by atoms with Crippen molar-refractivity contribution < 1.29 is 206 Å². The standard InChI is InChI=1S/C18H32O16.C12H22O11.C2H4O2.K.Mg.2NO3/c19-1-5-8(22)11(25)13(27)16(31-5)30-3-7-9(23)12(26)14(28)17(32-7)34-18(4-21)15(29)10(24)6(2-20)33-18;13-1-4-6(16)8(18)9(19)11(21-4)23-12(3-15)10(20)7(17)5(2-14)22-12;1-2(3)4;;;2*2-1(3)4/h5-17,19-29H,1-4H2;4-11,13-20H,1-3H2;1H3,(H,3,4);;;;/q;;;+1;+2;2*-1/p-1/t5-,6-,7-,8+,9-,10-,11+,12+,13-,14-,15+,16?,17?,18+;4-,5-,6-,7-,8+,9-,10+,11-,12+;;;;;/m11...../s1.